The van der Waals surface area contributed by atoms with Crippen LogP contribution in [0.2, 0.25) is 0 Å². The number of hydrogen-bond acceptors (Lipinski definition) is 4. The Labute approximate surface area is 114 Å². The van der Waals surface area contributed by atoms with Crippen LogP contribution in [0.3, 0.4) is 0 Å². The number of nitrogens with one attached hydrogen (secondary N) is 1. The molecule has 4 heteroatoms. The highest BCUT2D eigenvalue weighted by molar-refractivity contribution is 5.31. The highest BCUT2D eigenvalue weighted by Gasteiger charge is 2.42. The molecule has 2 bridgehead atoms. The summed E-state index contributed by atoms with van der Waals surface area (Å²) in [6.45, 7) is 1.95. The number of aromatic nitrogens is 1. The SMILES string of the molecule is COc1ccc(C2(O)CC3CCCC(C2)N3)c(C)n1. The standard InChI is InChI=1S/C15H22N2O2/c1-10-13(6-7-14(16-10)19-2)15(18)8-11-4-3-5-12(9-15)17-11/h6-7,11-12,17-18H,3-5,8-9H2,1-2H3. The quantitative estimate of drug-likeness (QED) is 0.854. The van der Waals surface area contributed by atoms with Gasteiger partial charge in [0.15, 0.2) is 0 Å². The van der Waals surface area contributed by atoms with Crippen LogP contribution in [0, 0.1) is 6.92 Å². The summed E-state index contributed by atoms with van der Waals surface area (Å²) in [5, 5.41) is 14.7. The molecule has 2 aliphatic rings. The highest BCUT2D eigenvalue weighted by Crippen LogP contribution is 2.40. The van der Waals surface area contributed by atoms with Crippen molar-refractivity contribution in [3.8, 4) is 5.88 Å². The molecule has 1 aromatic heterocycles. The molecule has 3 rings (SSSR count). The minimum Gasteiger partial charge on any atom is -0.481 e. The summed E-state index contributed by atoms with van der Waals surface area (Å²) < 4.78 is 5.14. The van der Waals surface area contributed by atoms with E-state index in [1.807, 2.05) is 19.1 Å². The van der Waals surface area contributed by atoms with E-state index in [2.05, 4.69) is 10.3 Å². The lowest BCUT2D eigenvalue weighted by molar-refractivity contribution is -0.0366. The van der Waals surface area contributed by atoms with Crippen LogP contribution >= 0.6 is 0 Å². The summed E-state index contributed by atoms with van der Waals surface area (Å²) >= 11 is 0. The molecule has 4 nitrogen and oxygen atoms in total. The predicted molar refractivity (Wildman–Crippen MR) is 73.2 cm³/mol. The molecule has 0 aliphatic carbocycles. The predicted octanol–water partition coefficient (Wildman–Crippen LogP) is 1.89. The van der Waals surface area contributed by atoms with E-state index in [0.29, 0.717) is 18.0 Å². The fourth-order valence-corrected chi connectivity index (χ4v) is 3.69. The second-order valence-corrected chi connectivity index (χ2v) is 5.92. The van der Waals surface area contributed by atoms with Crippen LogP contribution in [0.5, 0.6) is 5.88 Å². The maximum absolute atomic E-state index is 11.1. The van der Waals surface area contributed by atoms with Gasteiger partial charge >= 0.3 is 0 Å². The monoisotopic (exact) mass is 262 g/mol. The lowest BCUT2D eigenvalue weighted by Crippen LogP contribution is -2.54. The van der Waals surface area contributed by atoms with Gasteiger partial charge in [-0.1, -0.05) is 6.42 Å². The number of aryl methyl sites for hydroxylation is 1. The normalized spacial score (nSPS) is 34.1. The third kappa shape index (κ3) is 2.35. The molecule has 0 saturated carbocycles. The van der Waals surface area contributed by atoms with E-state index < -0.39 is 5.60 Å². The lowest BCUT2D eigenvalue weighted by Gasteiger charge is -2.45. The first-order valence-corrected chi connectivity index (χ1v) is 7.11. The Morgan fingerprint density at radius 1 is 1.32 bits per heavy atom. The fourth-order valence-electron chi connectivity index (χ4n) is 3.69. The molecular weight excluding hydrogens is 240 g/mol. The van der Waals surface area contributed by atoms with Crippen molar-refractivity contribution in [3.05, 3.63) is 23.4 Å². The van der Waals surface area contributed by atoms with Crippen molar-refractivity contribution in [1.29, 1.82) is 0 Å². The van der Waals surface area contributed by atoms with Crippen molar-refractivity contribution in [3.63, 3.8) is 0 Å². The zero-order valence-corrected chi connectivity index (χ0v) is 11.6. The van der Waals surface area contributed by atoms with E-state index >= 15 is 0 Å². The molecule has 2 saturated heterocycles. The highest BCUT2D eigenvalue weighted by atomic mass is 16.5. The molecule has 104 valence electrons. The van der Waals surface area contributed by atoms with Crippen LogP contribution in [-0.2, 0) is 5.60 Å². The van der Waals surface area contributed by atoms with Crippen LogP contribution in [0.4, 0.5) is 0 Å². The summed E-state index contributed by atoms with van der Waals surface area (Å²) in [6, 6.07) is 4.71. The third-order valence-corrected chi connectivity index (χ3v) is 4.52. The third-order valence-electron chi connectivity index (χ3n) is 4.52. The first-order valence-electron chi connectivity index (χ1n) is 7.11. The molecular formula is C15H22N2O2. The number of piperidine rings is 2. The summed E-state index contributed by atoms with van der Waals surface area (Å²) in [5.41, 5.74) is 1.11. The zero-order valence-electron chi connectivity index (χ0n) is 11.6. The van der Waals surface area contributed by atoms with E-state index in [-0.39, 0.29) is 0 Å². The van der Waals surface area contributed by atoms with Crippen molar-refractivity contribution < 1.29 is 9.84 Å². The average Bonchev–Trinajstić information content (AvgIpc) is 2.37. The van der Waals surface area contributed by atoms with E-state index in [1.165, 1.54) is 19.3 Å². The van der Waals surface area contributed by atoms with Crippen LogP contribution in [-0.4, -0.2) is 29.3 Å². The Morgan fingerprint density at radius 3 is 2.58 bits per heavy atom. The molecule has 0 radical (unpaired) electrons. The van der Waals surface area contributed by atoms with Gasteiger partial charge in [-0.2, -0.15) is 0 Å². The van der Waals surface area contributed by atoms with E-state index in [4.69, 9.17) is 4.74 Å². The smallest absolute Gasteiger partial charge is 0.213 e. The molecule has 0 aromatic carbocycles. The Balaban J connectivity index is 1.91. The first kappa shape index (κ1) is 12.9. The van der Waals surface area contributed by atoms with Crippen molar-refractivity contribution >= 4 is 0 Å². The van der Waals surface area contributed by atoms with Gasteiger partial charge in [-0.3, -0.25) is 0 Å². The largest absolute Gasteiger partial charge is 0.481 e. The summed E-state index contributed by atoms with van der Waals surface area (Å²) in [4.78, 5) is 4.40. The van der Waals surface area contributed by atoms with Gasteiger partial charge in [0.2, 0.25) is 5.88 Å². The minimum atomic E-state index is -0.732. The van der Waals surface area contributed by atoms with Gasteiger partial charge < -0.3 is 15.2 Å². The Hall–Kier alpha value is -1.13. The van der Waals surface area contributed by atoms with E-state index in [9.17, 15) is 5.11 Å². The first-order chi connectivity index (χ1) is 9.10. The Bertz CT molecular complexity index is 463. The van der Waals surface area contributed by atoms with Gasteiger partial charge in [-0.15, -0.1) is 0 Å². The number of methoxy groups -OCH3 is 1. The average molecular weight is 262 g/mol. The Kier molecular flexibility index (Phi) is 3.23. The van der Waals surface area contributed by atoms with Gasteiger partial charge in [0.25, 0.3) is 0 Å². The Morgan fingerprint density at radius 2 is 2.00 bits per heavy atom. The maximum atomic E-state index is 11.1. The molecule has 2 N–H and O–H groups in total. The minimum absolute atomic E-state index is 0.444. The van der Waals surface area contributed by atoms with Gasteiger partial charge in [-0.25, -0.2) is 4.98 Å². The molecule has 2 unspecified atom stereocenters. The maximum Gasteiger partial charge on any atom is 0.213 e. The second kappa shape index (κ2) is 4.76. The van der Waals surface area contributed by atoms with Crippen molar-refractivity contribution in [1.82, 2.24) is 10.3 Å². The molecule has 2 aliphatic heterocycles. The molecule has 3 heterocycles. The molecule has 1 aromatic rings. The van der Waals surface area contributed by atoms with Crippen molar-refractivity contribution in [2.45, 2.75) is 56.7 Å². The molecule has 19 heavy (non-hydrogen) atoms. The molecule has 0 amide bonds. The number of rotatable bonds is 2. The summed E-state index contributed by atoms with van der Waals surface area (Å²) in [5.74, 6) is 0.610. The van der Waals surface area contributed by atoms with Crippen LogP contribution in [0.25, 0.3) is 0 Å². The van der Waals surface area contributed by atoms with Crippen molar-refractivity contribution in [2.75, 3.05) is 7.11 Å². The number of ether oxygens (including phenoxy) is 1. The molecule has 2 atom stereocenters. The van der Waals surface area contributed by atoms with Crippen molar-refractivity contribution in [2.24, 2.45) is 0 Å². The molecule has 0 spiro atoms. The number of pyridine rings is 1. The topological polar surface area (TPSA) is 54.4 Å². The fraction of sp³-hybridized carbons (Fsp3) is 0.667. The van der Waals surface area contributed by atoms with Gasteiger partial charge in [0.1, 0.15) is 0 Å². The lowest BCUT2D eigenvalue weighted by atomic mass is 9.73. The summed E-state index contributed by atoms with van der Waals surface area (Å²) in [6.07, 6.45) is 5.19. The van der Waals surface area contributed by atoms with Gasteiger partial charge in [-0.05, 0) is 38.7 Å². The zero-order chi connectivity index (χ0) is 13.5. The number of hydrogen-bond donors (Lipinski definition) is 2. The van der Waals surface area contributed by atoms with E-state index in [0.717, 1.165) is 24.1 Å². The van der Waals surface area contributed by atoms with Crippen LogP contribution in [0.15, 0.2) is 12.1 Å². The second-order valence-electron chi connectivity index (χ2n) is 5.92. The van der Waals surface area contributed by atoms with E-state index in [1.54, 1.807) is 7.11 Å². The number of fused-ring (bicyclic) bond motifs is 2. The summed E-state index contributed by atoms with van der Waals surface area (Å²) in [7, 11) is 1.62. The molecule has 2 fully saturated rings. The van der Waals surface area contributed by atoms with Crippen LogP contribution < -0.4 is 10.1 Å². The van der Waals surface area contributed by atoms with Gasteiger partial charge in [0, 0.05) is 29.4 Å². The number of aliphatic hydroxyl groups is 1. The number of nitrogens with zero attached hydrogens (tertiary/aromatic N) is 1. The van der Waals surface area contributed by atoms with Gasteiger partial charge in [0.05, 0.1) is 12.7 Å². The van der Waals surface area contributed by atoms with Crippen LogP contribution in [0.1, 0.15) is 43.4 Å².